The first kappa shape index (κ1) is 12.9. The highest BCUT2D eigenvalue weighted by atomic mass is 14.9. The van der Waals surface area contributed by atoms with Gasteiger partial charge in [-0.1, -0.05) is 37.6 Å². The Morgan fingerprint density at radius 1 is 1.10 bits per heavy atom. The minimum Gasteiger partial charge on any atom is -0.313 e. The van der Waals surface area contributed by atoms with Crippen molar-refractivity contribution in [2.75, 3.05) is 7.05 Å². The molecule has 108 valence electrons. The second-order valence-corrected chi connectivity index (χ2v) is 7.32. The predicted octanol–water partition coefficient (Wildman–Crippen LogP) is 4.19. The fraction of sp³-hybridized carbons (Fsp3) is 0.684. The first-order chi connectivity index (χ1) is 9.83. The van der Waals surface area contributed by atoms with Crippen molar-refractivity contribution in [2.24, 2.45) is 29.6 Å². The number of rotatable bonds is 5. The van der Waals surface area contributed by atoms with Gasteiger partial charge in [-0.3, -0.25) is 0 Å². The fourth-order valence-electron chi connectivity index (χ4n) is 5.60. The molecule has 3 saturated carbocycles. The number of fused-ring (bicyclic) bond motifs is 5. The van der Waals surface area contributed by atoms with Gasteiger partial charge in [-0.05, 0) is 73.4 Å². The molecule has 0 amide bonds. The zero-order valence-corrected chi connectivity index (χ0v) is 12.8. The third kappa shape index (κ3) is 1.86. The van der Waals surface area contributed by atoms with Gasteiger partial charge in [-0.15, -0.1) is 0 Å². The molecule has 1 nitrogen and oxygen atoms in total. The van der Waals surface area contributed by atoms with Crippen LogP contribution in [0.5, 0.6) is 0 Å². The first-order valence-electron chi connectivity index (χ1n) is 8.59. The van der Waals surface area contributed by atoms with E-state index in [1.807, 2.05) is 0 Å². The average molecular weight is 269 g/mol. The lowest BCUT2D eigenvalue weighted by Gasteiger charge is -2.21. The number of hydrogen-bond donors (Lipinski definition) is 1. The van der Waals surface area contributed by atoms with Crippen molar-refractivity contribution in [1.29, 1.82) is 0 Å². The van der Waals surface area contributed by atoms with E-state index in [4.69, 9.17) is 0 Å². The van der Waals surface area contributed by atoms with Gasteiger partial charge < -0.3 is 5.32 Å². The Kier molecular flexibility index (Phi) is 3.14. The quantitative estimate of drug-likeness (QED) is 0.845. The summed E-state index contributed by atoms with van der Waals surface area (Å²) >= 11 is 0. The topological polar surface area (TPSA) is 12.0 Å². The van der Waals surface area contributed by atoms with Crippen molar-refractivity contribution in [3.05, 3.63) is 35.4 Å². The number of benzene rings is 1. The summed E-state index contributed by atoms with van der Waals surface area (Å²) in [5, 5.41) is 3.63. The monoisotopic (exact) mass is 269 g/mol. The minimum absolute atomic E-state index is 0.601. The summed E-state index contributed by atoms with van der Waals surface area (Å²) in [7, 11) is 2.15. The molecule has 0 aliphatic heterocycles. The van der Waals surface area contributed by atoms with E-state index in [0.717, 1.165) is 29.6 Å². The average Bonchev–Trinajstić information content (AvgIpc) is 2.90. The molecule has 0 saturated heterocycles. The third-order valence-corrected chi connectivity index (χ3v) is 6.37. The Hall–Kier alpha value is -0.820. The molecule has 5 unspecified atom stereocenters. The van der Waals surface area contributed by atoms with Crippen molar-refractivity contribution < 1.29 is 0 Å². The maximum atomic E-state index is 3.63. The van der Waals surface area contributed by atoms with Crippen LogP contribution in [0.25, 0.3) is 0 Å². The van der Waals surface area contributed by atoms with Gasteiger partial charge in [0.05, 0.1) is 0 Å². The molecule has 3 aliphatic carbocycles. The minimum atomic E-state index is 0.601. The largest absolute Gasteiger partial charge is 0.313 e. The molecule has 4 rings (SSSR count). The second-order valence-electron chi connectivity index (χ2n) is 7.32. The summed E-state index contributed by atoms with van der Waals surface area (Å²) in [4.78, 5) is 0. The Labute approximate surface area is 123 Å². The van der Waals surface area contributed by atoms with E-state index in [9.17, 15) is 0 Å². The van der Waals surface area contributed by atoms with E-state index in [1.165, 1.54) is 36.8 Å². The van der Waals surface area contributed by atoms with Crippen LogP contribution in [-0.4, -0.2) is 7.05 Å². The fourth-order valence-corrected chi connectivity index (χ4v) is 5.60. The van der Waals surface area contributed by atoms with E-state index in [-0.39, 0.29) is 0 Å². The van der Waals surface area contributed by atoms with Gasteiger partial charge in [0.25, 0.3) is 0 Å². The van der Waals surface area contributed by atoms with Crippen LogP contribution >= 0.6 is 0 Å². The lowest BCUT2D eigenvalue weighted by molar-refractivity contribution is 0.385. The molecular weight excluding hydrogens is 242 g/mol. The van der Waals surface area contributed by atoms with E-state index in [0.29, 0.717) is 6.04 Å². The molecule has 1 heteroatoms. The van der Waals surface area contributed by atoms with Crippen LogP contribution in [0.1, 0.15) is 49.8 Å². The van der Waals surface area contributed by atoms with E-state index >= 15 is 0 Å². The predicted molar refractivity (Wildman–Crippen MR) is 83.5 cm³/mol. The summed E-state index contributed by atoms with van der Waals surface area (Å²) in [6.07, 6.45) is 7.05. The van der Waals surface area contributed by atoms with Crippen LogP contribution in [0, 0.1) is 29.6 Å². The van der Waals surface area contributed by atoms with Crippen LogP contribution in [0.3, 0.4) is 0 Å². The summed E-state index contributed by atoms with van der Waals surface area (Å²) < 4.78 is 0. The Balaban J connectivity index is 1.51. The zero-order chi connectivity index (χ0) is 13.7. The van der Waals surface area contributed by atoms with E-state index in [1.54, 1.807) is 6.42 Å². The molecule has 5 atom stereocenters. The highest BCUT2D eigenvalue weighted by Crippen LogP contribution is 2.72. The Morgan fingerprint density at radius 2 is 1.75 bits per heavy atom. The van der Waals surface area contributed by atoms with Crippen LogP contribution in [0.15, 0.2) is 24.3 Å². The SMILES string of the molecule is CCCc1ccc(C(NC)C2C3C4CCC(C4)C32)cc1. The van der Waals surface area contributed by atoms with Crippen molar-refractivity contribution >= 4 is 0 Å². The molecule has 3 aliphatic rings. The standard InChI is InChI=1S/C19H27N/c1-3-4-12-5-7-13(8-6-12)19(20-2)18-16-14-9-10-15(11-14)17(16)18/h5-8,14-20H,3-4,9-11H2,1-2H3. The van der Waals surface area contributed by atoms with Crippen molar-refractivity contribution in [3.63, 3.8) is 0 Å². The summed E-state index contributed by atoms with van der Waals surface area (Å²) in [5.74, 6) is 5.20. The summed E-state index contributed by atoms with van der Waals surface area (Å²) in [6.45, 7) is 2.26. The zero-order valence-electron chi connectivity index (χ0n) is 12.8. The highest BCUT2D eigenvalue weighted by molar-refractivity contribution is 5.29. The number of nitrogens with one attached hydrogen (secondary N) is 1. The van der Waals surface area contributed by atoms with Crippen molar-refractivity contribution in [2.45, 2.75) is 45.1 Å². The summed E-state index contributed by atoms with van der Waals surface area (Å²) in [5.41, 5.74) is 3.01. The first-order valence-corrected chi connectivity index (χ1v) is 8.59. The van der Waals surface area contributed by atoms with Gasteiger partial charge in [-0.2, -0.15) is 0 Å². The molecule has 0 aromatic heterocycles. The molecule has 0 heterocycles. The maximum Gasteiger partial charge on any atom is 0.0351 e. The van der Waals surface area contributed by atoms with Crippen LogP contribution in [0.2, 0.25) is 0 Å². The van der Waals surface area contributed by atoms with Gasteiger partial charge in [0, 0.05) is 6.04 Å². The third-order valence-electron chi connectivity index (χ3n) is 6.37. The Bertz CT molecular complexity index is 461. The van der Waals surface area contributed by atoms with Crippen LogP contribution < -0.4 is 5.32 Å². The molecule has 2 bridgehead atoms. The van der Waals surface area contributed by atoms with Crippen LogP contribution in [-0.2, 0) is 6.42 Å². The normalized spacial score (nSPS) is 38.8. The van der Waals surface area contributed by atoms with Gasteiger partial charge in [0.1, 0.15) is 0 Å². The van der Waals surface area contributed by atoms with E-state index in [2.05, 4.69) is 43.6 Å². The molecular formula is C19H27N. The van der Waals surface area contributed by atoms with Gasteiger partial charge >= 0.3 is 0 Å². The molecule has 3 fully saturated rings. The second kappa shape index (κ2) is 4.87. The lowest BCUT2D eigenvalue weighted by Crippen LogP contribution is -2.21. The molecule has 20 heavy (non-hydrogen) atoms. The molecule has 1 aromatic rings. The van der Waals surface area contributed by atoms with E-state index < -0.39 is 0 Å². The molecule has 0 radical (unpaired) electrons. The molecule has 1 N–H and O–H groups in total. The van der Waals surface area contributed by atoms with Crippen molar-refractivity contribution in [1.82, 2.24) is 5.32 Å². The molecule has 0 spiro atoms. The smallest absolute Gasteiger partial charge is 0.0351 e. The van der Waals surface area contributed by atoms with Gasteiger partial charge in [0.2, 0.25) is 0 Å². The Morgan fingerprint density at radius 3 is 2.30 bits per heavy atom. The van der Waals surface area contributed by atoms with Crippen molar-refractivity contribution in [3.8, 4) is 0 Å². The highest BCUT2D eigenvalue weighted by Gasteiger charge is 2.66. The van der Waals surface area contributed by atoms with Gasteiger partial charge in [0.15, 0.2) is 0 Å². The molecule has 1 aromatic carbocycles. The lowest BCUT2D eigenvalue weighted by atomic mass is 9.92. The van der Waals surface area contributed by atoms with Crippen LogP contribution in [0.4, 0.5) is 0 Å². The number of hydrogen-bond acceptors (Lipinski definition) is 1. The van der Waals surface area contributed by atoms with Gasteiger partial charge in [-0.25, -0.2) is 0 Å². The summed E-state index contributed by atoms with van der Waals surface area (Å²) in [6, 6.07) is 10.0. The maximum absolute atomic E-state index is 3.63. The number of aryl methyl sites for hydroxylation is 1.